The molecule has 170 valence electrons. The van der Waals surface area contributed by atoms with Crippen LogP contribution in [0.15, 0.2) is 36.4 Å². The van der Waals surface area contributed by atoms with Crippen LogP contribution in [0.2, 0.25) is 0 Å². The van der Waals surface area contributed by atoms with Crippen LogP contribution in [0.5, 0.6) is 17.2 Å². The van der Waals surface area contributed by atoms with E-state index in [0.717, 1.165) is 0 Å². The minimum absolute atomic E-state index is 0.151. The number of fused-ring (bicyclic) bond motifs is 1. The summed E-state index contributed by atoms with van der Waals surface area (Å²) >= 11 is 0. The molecule has 3 amide bonds. The van der Waals surface area contributed by atoms with Gasteiger partial charge in [0.2, 0.25) is 17.6 Å². The molecule has 32 heavy (non-hydrogen) atoms. The number of nitrogens with one attached hydrogen (secondary N) is 2. The van der Waals surface area contributed by atoms with E-state index in [1.807, 2.05) is 13.8 Å². The highest BCUT2D eigenvalue weighted by molar-refractivity contribution is 6.13. The van der Waals surface area contributed by atoms with Gasteiger partial charge in [0, 0.05) is 17.8 Å². The van der Waals surface area contributed by atoms with E-state index in [9.17, 15) is 14.4 Å². The van der Waals surface area contributed by atoms with Crippen LogP contribution in [0.4, 0.5) is 11.4 Å². The predicted molar refractivity (Wildman–Crippen MR) is 120 cm³/mol. The van der Waals surface area contributed by atoms with E-state index in [2.05, 4.69) is 10.6 Å². The number of methoxy groups -OCH3 is 3. The van der Waals surface area contributed by atoms with Crippen molar-refractivity contribution in [3.8, 4) is 17.2 Å². The molecule has 1 aliphatic heterocycles. The summed E-state index contributed by atoms with van der Waals surface area (Å²) in [5.41, 5.74) is 1.14. The number of carbonyl (C=O) groups excluding carboxylic acids is 3. The van der Waals surface area contributed by atoms with E-state index in [4.69, 9.17) is 14.2 Å². The van der Waals surface area contributed by atoms with Crippen molar-refractivity contribution >= 4 is 29.1 Å². The molecule has 9 heteroatoms. The molecule has 2 aromatic carbocycles. The van der Waals surface area contributed by atoms with Crippen LogP contribution < -0.4 is 29.7 Å². The second kappa shape index (κ2) is 9.59. The van der Waals surface area contributed by atoms with Gasteiger partial charge in [0.25, 0.3) is 5.91 Å². The van der Waals surface area contributed by atoms with Crippen molar-refractivity contribution in [1.29, 1.82) is 0 Å². The zero-order valence-corrected chi connectivity index (χ0v) is 18.7. The Bertz CT molecular complexity index is 1010. The molecule has 0 radical (unpaired) electrons. The highest BCUT2D eigenvalue weighted by Crippen LogP contribution is 2.40. The molecule has 0 unspecified atom stereocenters. The van der Waals surface area contributed by atoms with Gasteiger partial charge in [-0.2, -0.15) is 0 Å². The van der Waals surface area contributed by atoms with Crippen LogP contribution in [-0.2, 0) is 9.59 Å². The van der Waals surface area contributed by atoms with Gasteiger partial charge in [-0.25, -0.2) is 0 Å². The lowest BCUT2D eigenvalue weighted by Gasteiger charge is -2.26. The number of amides is 3. The minimum atomic E-state index is -0.746. The lowest BCUT2D eigenvalue weighted by molar-refractivity contribution is -0.123. The third kappa shape index (κ3) is 4.46. The van der Waals surface area contributed by atoms with Crippen LogP contribution in [0, 0.1) is 5.92 Å². The molecule has 1 aliphatic rings. The zero-order chi connectivity index (χ0) is 23.4. The molecule has 2 N–H and O–H groups in total. The molecule has 0 fully saturated rings. The van der Waals surface area contributed by atoms with Crippen LogP contribution in [0.3, 0.4) is 0 Å². The Morgan fingerprint density at radius 1 is 1.06 bits per heavy atom. The summed E-state index contributed by atoms with van der Waals surface area (Å²) in [7, 11) is 4.44. The van der Waals surface area contributed by atoms with Crippen molar-refractivity contribution in [3.05, 3.63) is 42.0 Å². The molecule has 0 spiro atoms. The van der Waals surface area contributed by atoms with Gasteiger partial charge in [0.1, 0.15) is 12.6 Å². The van der Waals surface area contributed by atoms with Gasteiger partial charge < -0.3 is 29.7 Å². The Labute approximate surface area is 186 Å². The molecule has 2 aromatic rings. The topological polar surface area (TPSA) is 106 Å². The van der Waals surface area contributed by atoms with E-state index < -0.39 is 11.9 Å². The highest BCUT2D eigenvalue weighted by atomic mass is 16.5. The average molecular weight is 441 g/mol. The Balaban J connectivity index is 1.91. The number of para-hydroxylation sites is 1. The number of anilines is 2. The Kier molecular flexibility index (Phi) is 6.87. The summed E-state index contributed by atoms with van der Waals surface area (Å²) in [6.07, 6.45) is 0. The first kappa shape index (κ1) is 22.9. The monoisotopic (exact) mass is 441 g/mol. The second-order valence-corrected chi connectivity index (χ2v) is 7.60. The summed E-state index contributed by atoms with van der Waals surface area (Å²) in [5.74, 6) is -0.130. The summed E-state index contributed by atoms with van der Waals surface area (Å²) in [4.78, 5) is 40.2. The average Bonchev–Trinajstić information content (AvgIpc) is 2.88. The number of benzene rings is 2. The maximum atomic E-state index is 13.2. The number of hydrogen-bond acceptors (Lipinski definition) is 6. The second-order valence-electron chi connectivity index (χ2n) is 7.60. The Hall–Kier alpha value is -3.75. The standard InChI is InChI=1S/C23H27N3O6/c1-13(2)20-23(29)26(16-9-7-6-8-15(16)22(28)25-20)12-19(27)24-14-10-17(30-3)21(32-5)18(11-14)31-4/h6-11,13,20H,12H2,1-5H3,(H,24,27)(H,25,28)/t20-/m0/s1. The molecular formula is C23H27N3O6. The van der Waals surface area contributed by atoms with Crippen molar-refractivity contribution in [2.75, 3.05) is 38.1 Å². The van der Waals surface area contributed by atoms with Gasteiger partial charge >= 0.3 is 0 Å². The normalized spacial score (nSPS) is 15.6. The molecule has 0 aliphatic carbocycles. The van der Waals surface area contributed by atoms with Crippen molar-refractivity contribution in [2.45, 2.75) is 19.9 Å². The van der Waals surface area contributed by atoms with Gasteiger partial charge in [0.05, 0.1) is 32.6 Å². The van der Waals surface area contributed by atoms with Gasteiger partial charge in [-0.3, -0.25) is 14.4 Å². The number of carbonyl (C=O) groups is 3. The Morgan fingerprint density at radius 2 is 1.69 bits per heavy atom. The molecular weight excluding hydrogens is 414 g/mol. The molecule has 0 bridgehead atoms. The minimum Gasteiger partial charge on any atom is -0.493 e. The summed E-state index contributed by atoms with van der Waals surface area (Å²) in [6, 6.07) is 9.17. The SMILES string of the molecule is COc1cc(NC(=O)CN2C(=O)[C@H](C(C)C)NC(=O)c3ccccc32)cc(OC)c1OC. The van der Waals surface area contributed by atoms with E-state index >= 15 is 0 Å². The van der Waals surface area contributed by atoms with Crippen molar-refractivity contribution in [3.63, 3.8) is 0 Å². The van der Waals surface area contributed by atoms with Crippen LogP contribution in [-0.4, -0.2) is 51.6 Å². The molecule has 1 atom stereocenters. The van der Waals surface area contributed by atoms with E-state index in [1.54, 1.807) is 36.4 Å². The first-order valence-electron chi connectivity index (χ1n) is 10.1. The van der Waals surface area contributed by atoms with Gasteiger partial charge in [-0.15, -0.1) is 0 Å². The van der Waals surface area contributed by atoms with Crippen molar-refractivity contribution in [1.82, 2.24) is 5.32 Å². The summed E-state index contributed by atoms with van der Waals surface area (Å²) in [5, 5.41) is 5.53. The summed E-state index contributed by atoms with van der Waals surface area (Å²) in [6.45, 7) is 3.41. The number of ether oxygens (including phenoxy) is 3. The van der Waals surface area contributed by atoms with Crippen LogP contribution >= 0.6 is 0 Å². The number of rotatable bonds is 7. The third-order valence-corrected chi connectivity index (χ3v) is 5.18. The molecule has 9 nitrogen and oxygen atoms in total. The van der Waals surface area contributed by atoms with Crippen LogP contribution in [0.25, 0.3) is 0 Å². The highest BCUT2D eigenvalue weighted by Gasteiger charge is 2.36. The van der Waals surface area contributed by atoms with Gasteiger partial charge in [-0.1, -0.05) is 26.0 Å². The summed E-state index contributed by atoms with van der Waals surface area (Å²) < 4.78 is 15.9. The fourth-order valence-corrected chi connectivity index (χ4v) is 3.58. The number of nitrogens with zero attached hydrogens (tertiary/aromatic N) is 1. The quantitative estimate of drug-likeness (QED) is 0.684. The van der Waals surface area contributed by atoms with Gasteiger partial charge in [-0.05, 0) is 18.1 Å². The molecule has 1 heterocycles. The zero-order valence-electron chi connectivity index (χ0n) is 18.7. The molecule has 3 rings (SSSR count). The van der Waals surface area contributed by atoms with Crippen molar-refractivity contribution < 1.29 is 28.6 Å². The fourth-order valence-electron chi connectivity index (χ4n) is 3.58. The maximum Gasteiger partial charge on any atom is 0.254 e. The largest absolute Gasteiger partial charge is 0.493 e. The predicted octanol–water partition coefficient (Wildman–Crippen LogP) is 2.45. The van der Waals surface area contributed by atoms with Gasteiger partial charge in [0.15, 0.2) is 11.5 Å². The van der Waals surface area contributed by atoms with E-state index in [0.29, 0.717) is 34.2 Å². The molecule has 0 saturated heterocycles. The maximum absolute atomic E-state index is 13.2. The molecule has 0 saturated carbocycles. The van der Waals surface area contributed by atoms with Crippen LogP contribution in [0.1, 0.15) is 24.2 Å². The first-order valence-corrected chi connectivity index (χ1v) is 10.1. The Morgan fingerprint density at radius 3 is 2.25 bits per heavy atom. The van der Waals surface area contributed by atoms with E-state index in [1.165, 1.54) is 26.2 Å². The van der Waals surface area contributed by atoms with Crippen molar-refractivity contribution in [2.24, 2.45) is 5.92 Å². The first-order chi connectivity index (χ1) is 15.3. The lowest BCUT2D eigenvalue weighted by atomic mass is 10.0. The number of hydrogen-bond donors (Lipinski definition) is 2. The molecule has 0 aromatic heterocycles. The third-order valence-electron chi connectivity index (χ3n) is 5.18. The van der Waals surface area contributed by atoms with E-state index in [-0.39, 0.29) is 24.3 Å². The lowest BCUT2D eigenvalue weighted by Crippen LogP contribution is -2.50. The fraction of sp³-hybridized carbons (Fsp3) is 0.348. The smallest absolute Gasteiger partial charge is 0.254 e.